The Kier molecular flexibility index (Phi) is 6.02. The van der Waals surface area contributed by atoms with Gasteiger partial charge in [-0.3, -0.25) is 19.3 Å². The highest BCUT2D eigenvalue weighted by molar-refractivity contribution is 8.18. The van der Waals surface area contributed by atoms with Crippen molar-refractivity contribution >= 4 is 35.0 Å². The first kappa shape index (κ1) is 22.5. The van der Waals surface area contributed by atoms with Gasteiger partial charge in [0.05, 0.1) is 18.1 Å². The quantitative estimate of drug-likeness (QED) is 0.406. The molecule has 176 valence electrons. The van der Waals surface area contributed by atoms with Gasteiger partial charge in [-0.1, -0.05) is 6.07 Å². The number of esters is 1. The van der Waals surface area contributed by atoms with Gasteiger partial charge in [0.15, 0.2) is 0 Å². The molecule has 7 heteroatoms. The van der Waals surface area contributed by atoms with Crippen LogP contribution in [0.3, 0.4) is 0 Å². The summed E-state index contributed by atoms with van der Waals surface area (Å²) in [4.78, 5) is 38.4. The SMILES string of the molecule is CCOC(=O)CN1C(=O)S/C(=C/c2cc(C34CC5CC(CC(C5)C3)C4)ccc2OCC)C1=O. The van der Waals surface area contributed by atoms with Crippen LogP contribution in [-0.2, 0) is 19.7 Å². The lowest BCUT2D eigenvalue weighted by Gasteiger charge is -2.57. The molecule has 0 aromatic heterocycles. The molecule has 0 N–H and O–H groups in total. The van der Waals surface area contributed by atoms with Crippen molar-refractivity contribution in [1.29, 1.82) is 0 Å². The zero-order valence-electron chi connectivity index (χ0n) is 19.3. The van der Waals surface area contributed by atoms with Crippen LogP contribution in [-0.4, -0.2) is 41.8 Å². The minimum absolute atomic E-state index is 0.208. The molecule has 1 aromatic rings. The lowest BCUT2D eigenvalue weighted by molar-refractivity contribution is -0.145. The number of nitrogens with zero attached hydrogens (tertiary/aromatic N) is 1. The highest BCUT2D eigenvalue weighted by Gasteiger charge is 2.51. The first-order valence-electron chi connectivity index (χ1n) is 12.1. The molecule has 1 heterocycles. The van der Waals surface area contributed by atoms with E-state index in [1.54, 1.807) is 13.0 Å². The van der Waals surface area contributed by atoms with Gasteiger partial charge in [0.25, 0.3) is 11.1 Å². The topological polar surface area (TPSA) is 72.9 Å². The van der Waals surface area contributed by atoms with E-state index in [1.165, 1.54) is 44.1 Å². The molecule has 1 aliphatic heterocycles. The Morgan fingerprint density at radius 2 is 1.76 bits per heavy atom. The maximum absolute atomic E-state index is 12.9. The largest absolute Gasteiger partial charge is 0.493 e. The van der Waals surface area contributed by atoms with E-state index in [4.69, 9.17) is 9.47 Å². The van der Waals surface area contributed by atoms with E-state index in [1.807, 2.05) is 13.0 Å². The van der Waals surface area contributed by atoms with Crippen LogP contribution in [0.2, 0.25) is 0 Å². The molecule has 4 aliphatic carbocycles. The molecule has 5 aliphatic rings. The summed E-state index contributed by atoms with van der Waals surface area (Å²) in [6, 6.07) is 6.41. The Labute approximate surface area is 199 Å². The third-order valence-electron chi connectivity index (χ3n) is 7.71. The Bertz CT molecular complexity index is 981. The predicted octanol–water partition coefficient (Wildman–Crippen LogP) is 5.15. The Balaban J connectivity index is 1.45. The van der Waals surface area contributed by atoms with Crippen LogP contribution in [0, 0.1) is 17.8 Å². The average Bonchev–Trinajstić information content (AvgIpc) is 3.01. The number of amides is 2. The molecular formula is C26H31NO5S. The summed E-state index contributed by atoms with van der Waals surface area (Å²) >= 11 is 0.864. The van der Waals surface area contributed by atoms with Crippen molar-refractivity contribution in [3.63, 3.8) is 0 Å². The smallest absolute Gasteiger partial charge is 0.326 e. The summed E-state index contributed by atoms with van der Waals surface area (Å²) in [5.74, 6) is 2.19. The van der Waals surface area contributed by atoms with Crippen LogP contribution < -0.4 is 4.74 Å². The first-order chi connectivity index (χ1) is 15.9. The number of imide groups is 1. The van der Waals surface area contributed by atoms with Gasteiger partial charge in [0.2, 0.25) is 0 Å². The molecule has 4 bridgehead atoms. The number of carbonyl (C=O) groups is 3. The summed E-state index contributed by atoms with van der Waals surface area (Å²) in [6.07, 6.45) is 9.67. The standard InChI is InChI=1S/C26H31NO5S/c1-3-31-21-6-5-20(26-12-16-7-17(13-26)9-18(8-16)14-26)10-19(21)11-22-24(29)27(25(30)33-22)15-23(28)32-4-2/h5-6,10-11,16-18H,3-4,7-9,12-15H2,1-2H3/b22-11+. The van der Waals surface area contributed by atoms with Crippen molar-refractivity contribution in [1.82, 2.24) is 4.90 Å². The fourth-order valence-electron chi connectivity index (χ4n) is 6.86. The van der Waals surface area contributed by atoms with Crippen LogP contribution in [0.1, 0.15) is 63.5 Å². The van der Waals surface area contributed by atoms with Gasteiger partial charge < -0.3 is 9.47 Å². The number of rotatable bonds is 7. The highest BCUT2D eigenvalue weighted by Crippen LogP contribution is 2.61. The van der Waals surface area contributed by atoms with E-state index in [9.17, 15) is 14.4 Å². The zero-order chi connectivity index (χ0) is 23.2. The van der Waals surface area contributed by atoms with E-state index in [0.29, 0.717) is 17.3 Å². The summed E-state index contributed by atoms with van der Waals surface area (Å²) in [7, 11) is 0. The fourth-order valence-corrected chi connectivity index (χ4v) is 7.68. The highest BCUT2D eigenvalue weighted by atomic mass is 32.2. The number of carbonyl (C=O) groups excluding carboxylic acids is 3. The third kappa shape index (κ3) is 4.20. The molecule has 0 atom stereocenters. The molecule has 0 unspecified atom stereocenters. The van der Waals surface area contributed by atoms with Crippen LogP contribution >= 0.6 is 11.8 Å². The van der Waals surface area contributed by atoms with Crippen molar-refractivity contribution in [3.05, 3.63) is 34.2 Å². The maximum atomic E-state index is 12.9. The zero-order valence-corrected chi connectivity index (χ0v) is 20.1. The second kappa shape index (κ2) is 8.82. The lowest BCUT2D eigenvalue weighted by atomic mass is 9.48. The number of hydrogen-bond donors (Lipinski definition) is 0. The van der Waals surface area contributed by atoms with Crippen LogP contribution in [0.15, 0.2) is 23.1 Å². The Morgan fingerprint density at radius 3 is 2.36 bits per heavy atom. The number of thioether (sulfide) groups is 1. The molecule has 0 spiro atoms. The van der Waals surface area contributed by atoms with E-state index in [0.717, 1.165) is 40.0 Å². The van der Waals surface area contributed by atoms with Crippen molar-refractivity contribution < 1.29 is 23.9 Å². The first-order valence-corrected chi connectivity index (χ1v) is 12.9. The van der Waals surface area contributed by atoms with Crippen molar-refractivity contribution in [2.45, 2.75) is 57.8 Å². The van der Waals surface area contributed by atoms with Gasteiger partial charge in [0, 0.05) is 5.56 Å². The number of benzene rings is 1. The minimum Gasteiger partial charge on any atom is -0.493 e. The van der Waals surface area contributed by atoms with Crippen molar-refractivity contribution in [2.75, 3.05) is 19.8 Å². The van der Waals surface area contributed by atoms with Gasteiger partial charge in [-0.15, -0.1) is 0 Å². The molecule has 6 rings (SSSR count). The summed E-state index contributed by atoms with van der Waals surface area (Å²) in [6.45, 7) is 3.99. The molecule has 1 aromatic carbocycles. The summed E-state index contributed by atoms with van der Waals surface area (Å²) in [5, 5.41) is -0.450. The van der Waals surface area contributed by atoms with Crippen molar-refractivity contribution in [3.8, 4) is 5.75 Å². The maximum Gasteiger partial charge on any atom is 0.326 e. The molecular weight excluding hydrogens is 438 g/mol. The van der Waals surface area contributed by atoms with E-state index >= 15 is 0 Å². The van der Waals surface area contributed by atoms with Gasteiger partial charge in [0.1, 0.15) is 12.3 Å². The second-order valence-electron chi connectivity index (χ2n) is 9.96. The molecule has 6 nitrogen and oxygen atoms in total. The number of hydrogen-bond acceptors (Lipinski definition) is 6. The third-order valence-corrected chi connectivity index (χ3v) is 8.62. The van der Waals surface area contributed by atoms with Gasteiger partial charge in [-0.2, -0.15) is 0 Å². The molecule has 0 radical (unpaired) electrons. The Morgan fingerprint density at radius 1 is 1.09 bits per heavy atom. The second-order valence-corrected chi connectivity index (χ2v) is 10.9. The van der Waals surface area contributed by atoms with E-state index in [2.05, 4.69) is 12.1 Å². The van der Waals surface area contributed by atoms with Crippen molar-refractivity contribution in [2.24, 2.45) is 17.8 Å². The van der Waals surface area contributed by atoms with Gasteiger partial charge in [-0.25, -0.2) is 0 Å². The van der Waals surface area contributed by atoms with E-state index in [-0.39, 0.29) is 18.6 Å². The summed E-state index contributed by atoms with van der Waals surface area (Å²) in [5.41, 5.74) is 2.39. The molecule has 33 heavy (non-hydrogen) atoms. The molecule has 4 saturated carbocycles. The average molecular weight is 470 g/mol. The van der Waals surface area contributed by atoms with Crippen LogP contribution in [0.5, 0.6) is 5.75 Å². The predicted molar refractivity (Wildman–Crippen MR) is 127 cm³/mol. The summed E-state index contributed by atoms with van der Waals surface area (Å²) < 4.78 is 10.8. The van der Waals surface area contributed by atoms with Crippen LogP contribution in [0.4, 0.5) is 4.79 Å². The molecule has 5 fully saturated rings. The van der Waals surface area contributed by atoms with E-state index < -0.39 is 17.1 Å². The minimum atomic E-state index is -0.583. The lowest BCUT2D eigenvalue weighted by Crippen LogP contribution is -2.48. The molecule has 1 saturated heterocycles. The monoisotopic (exact) mass is 469 g/mol. The normalized spacial score (nSPS) is 31.5. The fraction of sp³-hybridized carbons (Fsp3) is 0.577. The number of ether oxygens (including phenoxy) is 2. The van der Waals surface area contributed by atoms with Gasteiger partial charge >= 0.3 is 5.97 Å². The Hall–Kier alpha value is -2.28. The van der Waals surface area contributed by atoms with Gasteiger partial charge in [-0.05, 0) is 111 Å². The molecule has 2 amide bonds. The van der Waals surface area contributed by atoms with Crippen LogP contribution in [0.25, 0.3) is 6.08 Å².